The Morgan fingerprint density at radius 2 is 2.00 bits per heavy atom. The number of halogens is 2. The predicted octanol–water partition coefficient (Wildman–Crippen LogP) is 4.13. The van der Waals surface area contributed by atoms with Gasteiger partial charge in [0.2, 0.25) is 5.75 Å². The second-order valence-corrected chi connectivity index (χ2v) is 4.67. The molecular weight excluding hydrogens is 352 g/mol. The van der Waals surface area contributed by atoms with Crippen molar-refractivity contribution in [2.45, 2.75) is 0 Å². The molecule has 0 atom stereocenters. The molecule has 0 unspecified atom stereocenters. The molecule has 0 fully saturated rings. The average Bonchev–Trinajstić information content (AvgIpc) is 2.28. The quantitative estimate of drug-likeness (QED) is 0.470. The Hall–Kier alpha value is -1.70. The molecule has 2 rings (SSSR count). The minimum Gasteiger partial charge on any atom is -0.450 e. The van der Waals surface area contributed by atoms with Gasteiger partial charge in [-0.1, -0.05) is 6.07 Å². The van der Waals surface area contributed by atoms with Crippen molar-refractivity contribution in [2.24, 2.45) is 0 Å². The van der Waals surface area contributed by atoms with E-state index in [9.17, 15) is 14.5 Å². The van der Waals surface area contributed by atoms with E-state index in [1.54, 1.807) is 18.2 Å². The smallest absolute Gasteiger partial charge is 0.311 e. The van der Waals surface area contributed by atoms with Crippen molar-refractivity contribution in [1.29, 1.82) is 0 Å². The lowest BCUT2D eigenvalue weighted by Gasteiger charge is -2.06. The molecule has 6 heteroatoms. The first-order chi connectivity index (χ1) is 8.56. The largest absolute Gasteiger partial charge is 0.450 e. The van der Waals surface area contributed by atoms with Crippen molar-refractivity contribution in [3.05, 3.63) is 62.0 Å². The highest BCUT2D eigenvalue weighted by Crippen LogP contribution is 2.32. The van der Waals surface area contributed by atoms with Gasteiger partial charge in [-0.05, 0) is 46.9 Å². The molecule has 0 N–H and O–H groups in total. The van der Waals surface area contributed by atoms with Gasteiger partial charge in [0.05, 0.1) is 4.92 Å². The Morgan fingerprint density at radius 1 is 1.22 bits per heavy atom. The fourth-order valence-corrected chi connectivity index (χ4v) is 1.89. The van der Waals surface area contributed by atoms with Gasteiger partial charge < -0.3 is 4.74 Å². The first-order valence-electron chi connectivity index (χ1n) is 4.93. The van der Waals surface area contributed by atoms with Gasteiger partial charge >= 0.3 is 5.69 Å². The molecule has 0 aliphatic rings. The summed E-state index contributed by atoms with van der Waals surface area (Å²) in [5, 5.41) is 10.8. The molecular formula is C12H7FINO3. The molecule has 0 saturated carbocycles. The summed E-state index contributed by atoms with van der Waals surface area (Å²) < 4.78 is 19.4. The van der Waals surface area contributed by atoms with Crippen molar-refractivity contribution in [1.82, 2.24) is 0 Å². The lowest BCUT2D eigenvalue weighted by molar-refractivity contribution is -0.385. The Kier molecular flexibility index (Phi) is 3.75. The van der Waals surface area contributed by atoms with Crippen LogP contribution in [0.1, 0.15) is 0 Å². The third-order valence-electron chi connectivity index (χ3n) is 2.14. The van der Waals surface area contributed by atoms with Gasteiger partial charge in [0.15, 0.2) is 0 Å². The maximum Gasteiger partial charge on any atom is 0.311 e. The van der Waals surface area contributed by atoms with Crippen LogP contribution in [-0.4, -0.2) is 4.92 Å². The number of nitro benzene ring substituents is 1. The van der Waals surface area contributed by atoms with Gasteiger partial charge in [0.1, 0.15) is 11.6 Å². The molecule has 2 aromatic carbocycles. The Balaban J connectivity index is 2.39. The Morgan fingerprint density at radius 3 is 2.67 bits per heavy atom. The fourth-order valence-electron chi connectivity index (χ4n) is 1.38. The zero-order valence-electron chi connectivity index (χ0n) is 8.97. The van der Waals surface area contributed by atoms with E-state index < -0.39 is 10.7 Å². The van der Waals surface area contributed by atoms with Crippen LogP contribution < -0.4 is 4.74 Å². The van der Waals surface area contributed by atoms with Crippen LogP contribution in [0.3, 0.4) is 0 Å². The fraction of sp³-hybridized carbons (Fsp3) is 0. The second kappa shape index (κ2) is 5.30. The van der Waals surface area contributed by atoms with E-state index in [4.69, 9.17) is 4.74 Å². The highest BCUT2D eigenvalue weighted by atomic mass is 127. The van der Waals surface area contributed by atoms with E-state index in [2.05, 4.69) is 22.6 Å². The summed E-state index contributed by atoms with van der Waals surface area (Å²) in [4.78, 5) is 10.2. The van der Waals surface area contributed by atoms with Crippen LogP contribution in [0.25, 0.3) is 0 Å². The van der Waals surface area contributed by atoms with Crippen molar-refractivity contribution in [3.63, 3.8) is 0 Å². The Labute approximate surface area is 116 Å². The topological polar surface area (TPSA) is 52.4 Å². The first-order valence-corrected chi connectivity index (χ1v) is 6.01. The normalized spacial score (nSPS) is 10.1. The van der Waals surface area contributed by atoms with Gasteiger partial charge in [0, 0.05) is 15.7 Å². The predicted molar refractivity (Wildman–Crippen MR) is 72.3 cm³/mol. The lowest BCUT2D eigenvalue weighted by Crippen LogP contribution is -1.94. The van der Waals surface area contributed by atoms with Crippen LogP contribution in [0.2, 0.25) is 0 Å². The minimum absolute atomic E-state index is 0.109. The summed E-state index contributed by atoms with van der Waals surface area (Å²) >= 11 is 2.09. The van der Waals surface area contributed by atoms with E-state index >= 15 is 0 Å². The van der Waals surface area contributed by atoms with Crippen molar-refractivity contribution in [3.8, 4) is 11.5 Å². The summed E-state index contributed by atoms with van der Waals surface area (Å²) in [5.41, 5.74) is -0.268. The third kappa shape index (κ3) is 2.95. The summed E-state index contributed by atoms with van der Waals surface area (Å²) in [5.74, 6) is -0.265. The number of hydrogen-bond donors (Lipinski definition) is 0. The number of ether oxygens (including phenoxy) is 1. The molecule has 0 bridgehead atoms. The molecule has 0 heterocycles. The zero-order chi connectivity index (χ0) is 13.1. The van der Waals surface area contributed by atoms with Gasteiger partial charge in [0.25, 0.3) is 0 Å². The molecule has 18 heavy (non-hydrogen) atoms. The van der Waals surface area contributed by atoms with E-state index in [0.29, 0.717) is 5.75 Å². The molecule has 0 aliphatic heterocycles. The monoisotopic (exact) mass is 359 g/mol. The van der Waals surface area contributed by atoms with Crippen molar-refractivity contribution >= 4 is 28.3 Å². The molecule has 0 aliphatic carbocycles. The van der Waals surface area contributed by atoms with Gasteiger partial charge in [-0.15, -0.1) is 0 Å². The maximum absolute atomic E-state index is 13.1. The molecule has 0 radical (unpaired) electrons. The van der Waals surface area contributed by atoms with Gasteiger partial charge in [-0.3, -0.25) is 10.1 Å². The van der Waals surface area contributed by atoms with E-state index in [-0.39, 0.29) is 11.4 Å². The Bertz CT molecular complexity index is 604. The van der Waals surface area contributed by atoms with E-state index in [0.717, 1.165) is 21.8 Å². The van der Waals surface area contributed by atoms with Crippen molar-refractivity contribution < 1.29 is 14.1 Å². The van der Waals surface area contributed by atoms with Crippen LogP contribution in [0, 0.1) is 19.5 Å². The first kappa shape index (κ1) is 12.7. The van der Waals surface area contributed by atoms with Crippen LogP contribution in [0.15, 0.2) is 42.5 Å². The molecule has 4 nitrogen and oxygen atoms in total. The van der Waals surface area contributed by atoms with E-state index in [1.165, 1.54) is 0 Å². The molecule has 2 aromatic rings. The van der Waals surface area contributed by atoms with Crippen LogP contribution in [0.5, 0.6) is 11.5 Å². The maximum atomic E-state index is 13.1. The van der Waals surface area contributed by atoms with E-state index in [1.807, 2.05) is 6.07 Å². The standard InChI is InChI=1S/C12H7FINO3/c13-8-4-5-11(15(16)17)12(6-8)18-10-3-1-2-9(14)7-10/h1-7H. The molecule has 92 valence electrons. The highest BCUT2D eigenvalue weighted by Gasteiger charge is 2.16. The summed E-state index contributed by atoms with van der Waals surface area (Å²) in [6, 6.07) is 10.1. The molecule has 0 spiro atoms. The second-order valence-electron chi connectivity index (χ2n) is 3.43. The lowest BCUT2D eigenvalue weighted by atomic mass is 10.3. The number of nitrogens with zero attached hydrogens (tertiary/aromatic N) is 1. The highest BCUT2D eigenvalue weighted by molar-refractivity contribution is 14.1. The number of rotatable bonds is 3. The third-order valence-corrected chi connectivity index (χ3v) is 2.81. The summed E-state index contributed by atoms with van der Waals surface area (Å²) in [6.07, 6.45) is 0. The van der Waals surface area contributed by atoms with Crippen LogP contribution >= 0.6 is 22.6 Å². The van der Waals surface area contributed by atoms with Crippen LogP contribution in [0.4, 0.5) is 10.1 Å². The average molecular weight is 359 g/mol. The minimum atomic E-state index is -0.608. The van der Waals surface area contributed by atoms with Gasteiger partial charge in [-0.2, -0.15) is 0 Å². The zero-order valence-corrected chi connectivity index (χ0v) is 11.1. The van der Waals surface area contributed by atoms with Gasteiger partial charge in [-0.25, -0.2) is 4.39 Å². The van der Waals surface area contributed by atoms with Crippen LogP contribution in [-0.2, 0) is 0 Å². The molecule has 0 aromatic heterocycles. The number of hydrogen-bond acceptors (Lipinski definition) is 3. The number of nitro groups is 1. The summed E-state index contributed by atoms with van der Waals surface area (Å²) in [7, 11) is 0. The van der Waals surface area contributed by atoms with Crippen molar-refractivity contribution in [2.75, 3.05) is 0 Å². The summed E-state index contributed by atoms with van der Waals surface area (Å²) in [6.45, 7) is 0. The SMILES string of the molecule is O=[N+]([O-])c1ccc(F)cc1Oc1cccc(I)c1. The molecule has 0 saturated heterocycles. The number of benzene rings is 2. The molecule has 0 amide bonds.